The molecule has 0 radical (unpaired) electrons. The van der Waals surface area contributed by atoms with Crippen molar-refractivity contribution in [1.82, 2.24) is 9.97 Å². The molecular formula is C16H28N4O. The summed E-state index contributed by atoms with van der Waals surface area (Å²) >= 11 is 0. The van der Waals surface area contributed by atoms with E-state index in [1.807, 2.05) is 13.0 Å². The summed E-state index contributed by atoms with van der Waals surface area (Å²) in [6.45, 7) is 8.51. The summed E-state index contributed by atoms with van der Waals surface area (Å²) in [6.07, 6.45) is 4.91. The van der Waals surface area contributed by atoms with E-state index in [-0.39, 0.29) is 0 Å². The van der Waals surface area contributed by atoms with Gasteiger partial charge in [-0.1, -0.05) is 20.3 Å². The molecule has 0 aromatic carbocycles. The van der Waals surface area contributed by atoms with E-state index in [9.17, 15) is 0 Å². The molecule has 2 atom stereocenters. The zero-order chi connectivity index (χ0) is 15.1. The fourth-order valence-corrected chi connectivity index (χ4v) is 2.72. The van der Waals surface area contributed by atoms with Crippen molar-refractivity contribution < 1.29 is 4.74 Å². The molecule has 0 amide bonds. The first-order valence-electron chi connectivity index (χ1n) is 8.19. The lowest BCUT2D eigenvalue weighted by Gasteiger charge is -2.19. The number of anilines is 2. The Morgan fingerprint density at radius 1 is 1.24 bits per heavy atom. The average molecular weight is 292 g/mol. The second kappa shape index (κ2) is 8.17. The Kier molecular flexibility index (Phi) is 6.23. The van der Waals surface area contributed by atoms with Gasteiger partial charge in [-0.3, -0.25) is 0 Å². The highest BCUT2D eigenvalue weighted by atomic mass is 16.5. The predicted molar refractivity (Wildman–Crippen MR) is 86.6 cm³/mol. The standard InChI is InChI=1S/C16H28N4O/c1-4-9-17-14-10-15(18-13-8-6-7-12(13)3)20-16(19-14)11-21-5-2/h10,12-13H,4-9,11H2,1-3H3,(H2,17,18,19,20). The van der Waals surface area contributed by atoms with E-state index < -0.39 is 0 Å². The van der Waals surface area contributed by atoms with Crippen LogP contribution in [0.3, 0.4) is 0 Å². The highest BCUT2D eigenvalue weighted by Crippen LogP contribution is 2.28. The van der Waals surface area contributed by atoms with Gasteiger partial charge in [-0.25, -0.2) is 9.97 Å². The summed E-state index contributed by atoms with van der Waals surface area (Å²) in [7, 11) is 0. The lowest BCUT2D eigenvalue weighted by molar-refractivity contribution is 0.128. The Hall–Kier alpha value is -1.36. The molecule has 0 saturated heterocycles. The molecule has 1 aromatic rings. The molecule has 2 unspecified atom stereocenters. The second-order valence-electron chi connectivity index (χ2n) is 5.78. The van der Waals surface area contributed by atoms with Gasteiger partial charge in [0.1, 0.15) is 18.2 Å². The minimum Gasteiger partial charge on any atom is -0.374 e. The van der Waals surface area contributed by atoms with E-state index in [4.69, 9.17) is 4.74 Å². The zero-order valence-electron chi connectivity index (χ0n) is 13.5. The van der Waals surface area contributed by atoms with Gasteiger partial charge >= 0.3 is 0 Å². The summed E-state index contributed by atoms with van der Waals surface area (Å²) in [5.41, 5.74) is 0. The molecule has 21 heavy (non-hydrogen) atoms. The molecule has 1 heterocycles. The van der Waals surface area contributed by atoms with E-state index in [1.165, 1.54) is 19.3 Å². The van der Waals surface area contributed by atoms with Crippen molar-refractivity contribution >= 4 is 11.6 Å². The number of ether oxygens (including phenoxy) is 1. The Balaban J connectivity index is 2.09. The van der Waals surface area contributed by atoms with Crippen LogP contribution in [0.1, 0.15) is 52.3 Å². The van der Waals surface area contributed by atoms with Crippen LogP contribution in [0.15, 0.2) is 6.07 Å². The van der Waals surface area contributed by atoms with Crippen LogP contribution in [0.4, 0.5) is 11.6 Å². The van der Waals surface area contributed by atoms with Gasteiger partial charge in [-0.05, 0) is 32.1 Å². The number of hydrogen-bond acceptors (Lipinski definition) is 5. The SMILES string of the molecule is CCCNc1cc(NC2CCCC2C)nc(COCC)n1. The maximum Gasteiger partial charge on any atom is 0.158 e. The number of nitrogens with zero attached hydrogens (tertiary/aromatic N) is 2. The molecule has 1 aliphatic carbocycles. The normalized spacial score (nSPS) is 21.5. The first kappa shape index (κ1) is 16.0. The third-order valence-electron chi connectivity index (χ3n) is 3.96. The topological polar surface area (TPSA) is 59.1 Å². The minimum atomic E-state index is 0.465. The molecule has 1 aliphatic rings. The van der Waals surface area contributed by atoms with Crippen molar-refractivity contribution in [2.75, 3.05) is 23.8 Å². The number of rotatable bonds is 8. The molecule has 1 fully saturated rings. The lowest BCUT2D eigenvalue weighted by atomic mass is 10.1. The molecule has 0 spiro atoms. The highest BCUT2D eigenvalue weighted by molar-refractivity contribution is 5.48. The largest absolute Gasteiger partial charge is 0.374 e. The van der Waals surface area contributed by atoms with Gasteiger partial charge in [0, 0.05) is 25.3 Å². The van der Waals surface area contributed by atoms with Crippen molar-refractivity contribution in [1.29, 1.82) is 0 Å². The van der Waals surface area contributed by atoms with Gasteiger partial charge in [0.2, 0.25) is 0 Å². The van der Waals surface area contributed by atoms with Gasteiger partial charge in [0.05, 0.1) is 0 Å². The van der Waals surface area contributed by atoms with E-state index in [0.29, 0.717) is 25.2 Å². The van der Waals surface area contributed by atoms with Crippen LogP contribution in [0.25, 0.3) is 0 Å². The number of aromatic nitrogens is 2. The van der Waals surface area contributed by atoms with Crippen LogP contribution in [-0.2, 0) is 11.3 Å². The predicted octanol–water partition coefficient (Wildman–Crippen LogP) is 3.44. The third kappa shape index (κ3) is 4.84. The molecule has 1 aromatic heterocycles. The molecule has 1 saturated carbocycles. The summed E-state index contributed by atoms with van der Waals surface area (Å²) in [4.78, 5) is 9.10. The lowest BCUT2D eigenvalue weighted by Crippen LogP contribution is -2.23. The molecule has 2 rings (SSSR count). The summed E-state index contributed by atoms with van der Waals surface area (Å²) in [5, 5.41) is 6.92. The van der Waals surface area contributed by atoms with Gasteiger partial charge in [0.25, 0.3) is 0 Å². The Bertz CT molecular complexity index is 412. The van der Waals surface area contributed by atoms with Crippen LogP contribution in [-0.4, -0.2) is 29.2 Å². The maximum absolute atomic E-state index is 5.44. The maximum atomic E-state index is 5.44. The number of hydrogen-bond donors (Lipinski definition) is 2. The van der Waals surface area contributed by atoms with Gasteiger partial charge in [-0.15, -0.1) is 0 Å². The smallest absolute Gasteiger partial charge is 0.158 e. The van der Waals surface area contributed by atoms with Crippen molar-refractivity contribution in [3.05, 3.63) is 11.9 Å². The molecular weight excluding hydrogens is 264 g/mol. The molecule has 2 N–H and O–H groups in total. The fraction of sp³-hybridized carbons (Fsp3) is 0.750. The van der Waals surface area contributed by atoms with Crippen molar-refractivity contribution in [3.63, 3.8) is 0 Å². The van der Waals surface area contributed by atoms with Gasteiger partial charge in [-0.2, -0.15) is 0 Å². The van der Waals surface area contributed by atoms with Crippen LogP contribution in [0, 0.1) is 5.92 Å². The van der Waals surface area contributed by atoms with E-state index in [1.54, 1.807) is 0 Å². The van der Waals surface area contributed by atoms with Gasteiger partial charge in [0.15, 0.2) is 5.82 Å². The Morgan fingerprint density at radius 2 is 2.05 bits per heavy atom. The first-order chi connectivity index (χ1) is 10.2. The minimum absolute atomic E-state index is 0.465. The summed E-state index contributed by atoms with van der Waals surface area (Å²) in [6, 6.07) is 2.54. The molecule has 118 valence electrons. The van der Waals surface area contributed by atoms with E-state index in [2.05, 4.69) is 34.4 Å². The van der Waals surface area contributed by atoms with Crippen molar-refractivity contribution in [3.8, 4) is 0 Å². The van der Waals surface area contributed by atoms with Crippen molar-refractivity contribution in [2.45, 2.75) is 59.1 Å². The second-order valence-corrected chi connectivity index (χ2v) is 5.78. The highest BCUT2D eigenvalue weighted by Gasteiger charge is 2.23. The van der Waals surface area contributed by atoms with Gasteiger partial charge < -0.3 is 15.4 Å². The number of nitrogens with one attached hydrogen (secondary N) is 2. The third-order valence-corrected chi connectivity index (χ3v) is 3.96. The van der Waals surface area contributed by atoms with Crippen LogP contribution < -0.4 is 10.6 Å². The van der Waals surface area contributed by atoms with Crippen LogP contribution >= 0.6 is 0 Å². The average Bonchev–Trinajstić information content (AvgIpc) is 2.88. The van der Waals surface area contributed by atoms with E-state index in [0.717, 1.165) is 30.4 Å². The molecule has 0 aliphatic heterocycles. The van der Waals surface area contributed by atoms with Crippen LogP contribution in [0.5, 0.6) is 0 Å². The summed E-state index contributed by atoms with van der Waals surface area (Å²) < 4.78 is 5.44. The Labute approximate surface area is 127 Å². The Morgan fingerprint density at radius 3 is 2.71 bits per heavy atom. The van der Waals surface area contributed by atoms with Crippen LogP contribution in [0.2, 0.25) is 0 Å². The monoisotopic (exact) mass is 292 g/mol. The van der Waals surface area contributed by atoms with E-state index >= 15 is 0 Å². The zero-order valence-corrected chi connectivity index (χ0v) is 13.5. The quantitative estimate of drug-likeness (QED) is 0.768. The molecule has 0 bridgehead atoms. The molecule has 5 heteroatoms. The van der Waals surface area contributed by atoms with Crippen molar-refractivity contribution in [2.24, 2.45) is 5.92 Å². The molecule has 5 nitrogen and oxygen atoms in total. The first-order valence-corrected chi connectivity index (χ1v) is 8.19. The fourth-order valence-electron chi connectivity index (χ4n) is 2.72. The summed E-state index contributed by atoms with van der Waals surface area (Å²) in [5.74, 6) is 3.25.